The lowest BCUT2D eigenvalue weighted by molar-refractivity contribution is -0.167. The fourth-order valence-electron chi connectivity index (χ4n) is 7.74. The molecule has 6 nitrogen and oxygen atoms in total. The van der Waals surface area contributed by atoms with Crippen molar-refractivity contribution in [2.24, 2.45) is 0 Å². The number of carbonyl (C=O) groups is 3. The number of carbonyl (C=O) groups excluding carboxylic acids is 3. The molecule has 57 heavy (non-hydrogen) atoms. The Bertz CT molecular complexity index is 844. The highest BCUT2D eigenvalue weighted by Crippen LogP contribution is 2.17. The summed E-state index contributed by atoms with van der Waals surface area (Å²) in [4.78, 5) is 37.8. The summed E-state index contributed by atoms with van der Waals surface area (Å²) >= 11 is 0. The van der Waals surface area contributed by atoms with Gasteiger partial charge in [-0.05, 0) is 19.3 Å². The third kappa shape index (κ3) is 45.3. The summed E-state index contributed by atoms with van der Waals surface area (Å²) in [5.41, 5.74) is 0. The van der Waals surface area contributed by atoms with Gasteiger partial charge in [0.05, 0.1) is 0 Å². The maximum Gasteiger partial charge on any atom is 0.306 e. The number of unbranched alkanes of at least 4 members (excludes halogenated alkanes) is 36. The predicted octanol–water partition coefficient (Wildman–Crippen LogP) is 16.4. The molecule has 0 saturated heterocycles. The molecule has 0 aliphatic rings. The van der Waals surface area contributed by atoms with Gasteiger partial charge >= 0.3 is 17.9 Å². The SMILES string of the molecule is CCCCCCCCCCCCCCCCCCCCCC(=O)OCC(COC(=O)CCCCCCCCCC)OC(=O)CCCCCCCCCCCCCC. The van der Waals surface area contributed by atoms with E-state index in [9.17, 15) is 14.4 Å². The van der Waals surface area contributed by atoms with Crippen LogP contribution in [0.5, 0.6) is 0 Å². The van der Waals surface area contributed by atoms with Gasteiger partial charge in [0.2, 0.25) is 0 Å². The quantitative estimate of drug-likeness (QED) is 0.0346. The van der Waals surface area contributed by atoms with Crippen molar-refractivity contribution < 1.29 is 28.6 Å². The lowest BCUT2D eigenvalue weighted by atomic mass is 10.0. The second kappa shape index (κ2) is 47.1. The first-order chi connectivity index (χ1) is 28.0. The Hall–Kier alpha value is -1.59. The topological polar surface area (TPSA) is 78.9 Å². The molecule has 0 aromatic heterocycles. The molecule has 0 radical (unpaired) electrons. The predicted molar refractivity (Wildman–Crippen MR) is 243 cm³/mol. The minimum Gasteiger partial charge on any atom is -0.462 e. The van der Waals surface area contributed by atoms with E-state index in [0.29, 0.717) is 19.3 Å². The zero-order chi connectivity index (χ0) is 41.5. The van der Waals surface area contributed by atoms with Crippen LogP contribution in [0.1, 0.15) is 290 Å². The molecule has 0 fully saturated rings. The van der Waals surface area contributed by atoms with Crippen molar-refractivity contribution in [3.05, 3.63) is 0 Å². The maximum atomic E-state index is 12.7. The second-order valence-electron chi connectivity index (χ2n) is 17.5. The molecule has 0 aromatic carbocycles. The Morgan fingerprint density at radius 1 is 0.281 bits per heavy atom. The lowest BCUT2D eigenvalue weighted by Crippen LogP contribution is -2.30. The van der Waals surface area contributed by atoms with Gasteiger partial charge in [-0.25, -0.2) is 0 Å². The van der Waals surface area contributed by atoms with Gasteiger partial charge in [-0.15, -0.1) is 0 Å². The number of ether oxygens (including phenoxy) is 3. The van der Waals surface area contributed by atoms with Gasteiger partial charge in [0.1, 0.15) is 13.2 Å². The zero-order valence-corrected chi connectivity index (χ0v) is 38.6. The van der Waals surface area contributed by atoms with E-state index in [1.807, 2.05) is 0 Å². The van der Waals surface area contributed by atoms with E-state index in [1.54, 1.807) is 0 Å². The van der Waals surface area contributed by atoms with Crippen LogP contribution >= 0.6 is 0 Å². The molecule has 0 aliphatic heterocycles. The number of esters is 3. The first-order valence-electron chi connectivity index (χ1n) is 25.5. The minimum atomic E-state index is -0.758. The van der Waals surface area contributed by atoms with Crippen LogP contribution in [0, 0.1) is 0 Å². The van der Waals surface area contributed by atoms with Crippen LogP contribution < -0.4 is 0 Å². The largest absolute Gasteiger partial charge is 0.462 e. The van der Waals surface area contributed by atoms with Gasteiger partial charge in [-0.3, -0.25) is 14.4 Å². The summed E-state index contributed by atoms with van der Waals surface area (Å²) in [7, 11) is 0. The molecule has 0 aromatic rings. The molecule has 1 unspecified atom stereocenters. The third-order valence-electron chi connectivity index (χ3n) is 11.6. The van der Waals surface area contributed by atoms with E-state index in [1.165, 1.54) is 193 Å². The minimum absolute atomic E-state index is 0.0623. The first kappa shape index (κ1) is 55.4. The number of hydrogen-bond acceptors (Lipinski definition) is 6. The van der Waals surface area contributed by atoms with Gasteiger partial charge in [0.25, 0.3) is 0 Å². The third-order valence-corrected chi connectivity index (χ3v) is 11.6. The Labute approximate surface area is 355 Å². The van der Waals surface area contributed by atoms with Crippen LogP contribution in [0.2, 0.25) is 0 Å². The van der Waals surface area contributed by atoms with E-state index in [0.717, 1.165) is 57.8 Å². The van der Waals surface area contributed by atoms with Crippen LogP contribution in [0.25, 0.3) is 0 Å². The fourth-order valence-corrected chi connectivity index (χ4v) is 7.74. The average molecular weight is 807 g/mol. The van der Waals surface area contributed by atoms with Crippen LogP contribution in [0.4, 0.5) is 0 Å². The number of hydrogen-bond donors (Lipinski definition) is 0. The van der Waals surface area contributed by atoms with Crippen molar-refractivity contribution in [1.82, 2.24) is 0 Å². The van der Waals surface area contributed by atoms with Gasteiger partial charge in [-0.2, -0.15) is 0 Å². The molecular weight excluding hydrogens is 709 g/mol. The first-order valence-corrected chi connectivity index (χ1v) is 25.5. The van der Waals surface area contributed by atoms with Gasteiger partial charge in [0, 0.05) is 19.3 Å². The maximum absolute atomic E-state index is 12.7. The summed E-state index contributed by atoms with van der Waals surface area (Å²) in [5.74, 6) is -0.848. The standard InChI is InChI=1S/C51H98O6/c1-4-7-10-13-16-19-21-23-24-25-26-27-28-29-31-32-35-38-41-44-50(53)56-47-48(46-55-49(52)43-40-37-34-18-15-12-9-6-3)57-51(54)45-42-39-36-33-30-22-20-17-14-11-8-5-2/h48H,4-47H2,1-3H3. The molecule has 0 rings (SSSR count). The highest BCUT2D eigenvalue weighted by molar-refractivity contribution is 5.71. The second-order valence-corrected chi connectivity index (χ2v) is 17.5. The Morgan fingerprint density at radius 2 is 0.474 bits per heavy atom. The Morgan fingerprint density at radius 3 is 0.702 bits per heavy atom. The average Bonchev–Trinajstić information content (AvgIpc) is 3.21. The van der Waals surface area contributed by atoms with Crippen molar-refractivity contribution in [2.75, 3.05) is 13.2 Å². The van der Waals surface area contributed by atoms with E-state index >= 15 is 0 Å². The zero-order valence-electron chi connectivity index (χ0n) is 38.6. The van der Waals surface area contributed by atoms with Crippen LogP contribution in [-0.4, -0.2) is 37.2 Å². The fraction of sp³-hybridized carbons (Fsp3) is 0.941. The van der Waals surface area contributed by atoms with Crippen molar-refractivity contribution in [1.29, 1.82) is 0 Å². The molecule has 0 saturated carbocycles. The highest BCUT2D eigenvalue weighted by Gasteiger charge is 2.19. The van der Waals surface area contributed by atoms with E-state index in [-0.39, 0.29) is 31.1 Å². The summed E-state index contributed by atoms with van der Waals surface area (Å²) in [6, 6.07) is 0. The van der Waals surface area contributed by atoms with Gasteiger partial charge in [0.15, 0.2) is 6.10 Å². The monoisotopic (exact) mass is 807 g/mol. The Kier molecular flexibility index (Phi) is 45.8. The molecule has 0 spiro atoms. The molecule has 0 heterocycles. The van der Waals surface area contributed by atoms with E-state index in [2.05, 4.69) is 20.8 Å². The van der Waals surface area contributed by atoms with E-state index < -0.39 is 6.10 Å². The molecular formula is C51H98O6. The summed E-state index contributed by atoms with van der Waals surface area (Å²) in [6.45, 7) is 6.65. The number of rotatable bonds is 47. The molecule has 6 heteroatoms. The molecule has 338 valence electrons. The van der Waals surface area contributed by atoms with Crippen LogP contribution in [0.15, 0.2) is 0 Å². The normalized spacial score (nSPS) is 11.8. The van der Waals surface area contributed by atoms with Gasteiger partial charge in [-0.1, -0.05) is 252 Å². The summed E-state index contributed by atoms with van der Waals surface area (Å²) in [6.07, 6.45) is 49.5. The highest BCUT2D eigenvalue weighted by atomic mass is 16.6. The molecule has 1 atom stereocenters. The van der Waals surface area contributed by atoms with Crippen molar-refractivity contribution in [3.8, 4) is 0 Å². The summed E-state index contributed by atoms with van der Waals surface area (Å²) < 4.78 is 16.7. The van der Waals surface area contributed by atoms with Gasteiger partial charge < -0.3 is 14.2 Å². The van der Waals surface area contributed by atoms with E-state index in [4.69, 9.17) is 14.2 Å². The molecule has 0 amide bonds. The van der Waals surface area contributed by atoms with Crippen LogP contribution in [-0.2, 0) is 28.6 Å². The molecule has 0 bridgehead atoms. The van der Waals surface area contributed by atoms with Crippen molar-refractivity contribution in [3.63, 3.8) is 0 Å². The van der Waals surface area contributed by atoms with Crippen molar-refractivity contribution >= 4 is 17.9 Å². The molecule has 0 N–H and O–H groups in total. The Balaban J connectivity index is 4.18. The lowest BCUT2D eigenvalue weighted by Gasteiger charge is -2.18. The van der Waals surface area contributed by atoms with Crippen molar-refractivity contribution in [2.45, 2.75) is 297 Å². The molecule has 0 aliphatic carbocycles. The smallest absolute Gasteiger partial charge is 0.306 e. The summed E-state index contributed by atoms with van der Waals surface area (Å²) in [5, 5.41) is 0. The van der Waals surface area contributed by atoms with Crippen LogP contribution in [0.3, 0.4) is 0 Å².